The molecule has 0 unspecified atom stereocenters. The minimum Gasteiger partial charge on any atom is -0.333 e. The Hall–Kier alpha value is -2.38. The van der Waals surface area contributed by atoms with E-state index >= 15 is 0 Å². The molecule has 0 aliphatic carbocycles. The molecular weight excluding hydrogens is 356 g/mol. The first-order chi connectivity index (χ1) is 12.1. The summed E-state index contributed by atoms with van der Waals surface area (Å²) >= 11 is 7.58. The van der Waals surface area contributed by atoms with E-state index in [4.69, 9.17) is 11.6 Å². The Bertz CT molecular complexity index is 1030. The first-order valence-corrected chi connectivity index (χ1v) is 9.10. The highest BCUT2D eigenvalue weighted by Gasteiger charge is 2.14. The fourth-order valence-electron chi connectivity index (χ4n) is 2.77. The summed E-state index contributed by atoms with van der Waals surface area (Å²) in [6.07, 6.45) is 0. The number of imidazole rings is 1. The maximum atomic E-state index is 6.02. The highest BCUT2D eigenvalue weighted by molar-refractivity contribution is 7.98. The average molecular weight is 371 g/mol. The van der Waals surface area contributed by atoms with Crippen LogP contribution in [0, 0.1) is 13.8 Å². The monoisotopic (exact) mass is 370 g/mol. The van der Waals surface area contributed by atoms with Crippen LogP contribution >= 0.6 is 23.4 Å². The van der Waals surface area contributed by atoms with Crippen LogP contribution in [0.3, 0.4) is 0 Å². The van der Waals surface area contributed by atoms with Crippen molar-refractivity contribution in [3.63, 3.8) is 0 Å². The zero-order valence-electron chi connectivity index (χ0n) is 13.7. The fraction of sp³-hybridized carbons (Fsp3) is 0.176. The van der Waals surface area contributed by atoms with E-state index in [1.165, 1.54) is 0 Å². The Morgan fingerprint density at radius 3 is 2.76 bits per heavy atom. The van der Waals surface area contributed by atoms with Gasteiger partial charge in [-0.15, -0.1) is 5.10 Å². The van der Waals surface area contributed by atoms with Crippen molar-refractivity contribution < 1.29 is 0 Å². The molecule has 4 rings (SSSR count). The second-order valence-electron chi connectivity index (χ2n) is 5.74. The Balaban J connectivity index is 1.61. The van der Waals surface area contributed by atoms with Gasteiger partial charge in [-0.3, -0.25) is 0 Å². The van der Waals surface area contributed by atoms with Crippen LogP contribution in [-0.4, -0.2) is 30.2 Å². The second-order valence-corrected chi connectivity index (χ2v) is 7.14. The highest BCUT2D eigenvalue weighted by Crippen LogP contribution is 2.26. The van der Waals surface area contributed by atoms with Gasteiger partial charge >= 0.3 is 0 Å². The maximum absolute atomic E-state index is 6.02. The van der Waals surface area contributed by atoms with Gasteiger partial charge in [-0.05, 0) is 53.6 Å². The smallest absolute Gasteiger partial charge is 0.167 e. The van der Waals surface area contributed by atoms with E-state index in [0.29, 0.717) is 10.8 Å². The molecule has 0 atom stereocenters. The number of nitrogens with zero attached hydrogens (tertiary/aromatic N) is 5. The standard InChI is InChI=1S/C17H15ClN6S/c1-10-4-3-5-11(2)16(10)24-15(21-22-23-24)9-25-17-19-13-7-6-12(18)8-14(13)20-17/h3-8H,9H2,1-2H3,(H,19,20). The number of aromatic nitrogens is 6. The molecule has 0 aliphatic heterocycles. The molecule has 2 heterocycles. The van der Waals surface area contributed by atoms with Gasteiger partial charge in [0, 0.05) is 5.02 Å². The number of aromatic amines is 1. The van der Waals surface area contributed by atoms with E-state index in [0.717, 1.165) is 38.8 Å². The van der Waals surface area contributed by atoms with E-state index in [1.54, 1.807) is 16.4 Å². The predicted octanol–water partition coefficient (Wildman–Crippen LogP) is 4.10. The number of tetrazole rings is 1. The molecule has 0 radical (unpaired) electrons. The second kappa shape index (κ2) is 6.50. The van der Waals surface area contributed by atoms with Crippen molar-refractivity contribution in [2.24, 2.45) is 0 Å². The molecule has 1 N–H and O–H groups in total. The Kier molecular flexibility index (Phi) is 4.19. The van der Waals surface area contributed by atoms with E-state index in [9.17, 15) is 0 Å². The molecular formula is C17H15ClN6S. The molecule has 2 aromatic heterocycles. The summed E-state index contributed by atoms with van der Waals surface area (Å²) < 4.78 is 1.80. The number of hydrogen-bond acceptors (Lipinski definition) is 5. The zero-order chi connectivity index (χ0) is 17.4. The van der Waals surface area contributed by atoms with Crippen LogP contribution in [0.1, 0.15) is 17.0 Å². The summed E-state index contributed by atoms with van der Waals surface area (Å²) in [5, 5.41) is 13.7. The molecule has 0 spiro atoms. The van der Waals surface area contributed by atoms with Crippen molar-refractivity contribution in [1.29, 1.82) is 0 Å². The van der Waals surface area contributed by atoms with Gasteiger partial charge in [0.1, 0.15) is 0 Å². The quantitative estimate of drug-likeness (QED) is 0.547. The Morgan fingerprint density at radius 2 is 1.96 bits per heavy atom. The Morgan fingerprint density at radius 1 is 1.16 bits per heavy atom. The van der Waals surface area contributed by atoms with Crippen molar-refractivity contribution in [2.45, 2.75) is 24.8 Å². The summed E-state index contributed by atoms with van der Waals surface area (Å²) in [6, 6.07) is 11.8. The number of para-hydroxylation sites is 1. The lowest BCUT2D eigenvalue weighted by Crippen LogP contribution is -2.06. The van der Waals surface area contributed by atoms with Gasteiger partial charge in [0.2, 0.25) is 0 Å². The van der Waals surface area contributed by atoms with Crippen molar-refractivity contribution in [3.8, 4) is 5.69 Å². The average Bonchev–Trinajstić information content (AvgIpc) is 3.18. The zero-order valence-corrected chi connectivity index (χ0v) is 15.3. The fourth-order valence-corrected chi connectivity index (χ4v) is 3.73. The minimum atomic E-state index is 0.605. The third-order valence-electron chi connectivity index (χ3n) is 3.95. The van der Waals surface area contributed by atoms with Crippen LogP contribution in [0.4, 0.5) is 0 Å². The van der Waals surface area contributed by atoms with Gasteiger partial charge < -0.3 is 4.98 Å². The van der Waals surface area contributed by atoms with Crippen LogP contribution in [0.2, 0.25) is 5.02 Å². The topological polar surface area (TPSA) is 72.3 Å². The SMILES string of the molecule is Cc1cccc(C)c1-n1nnnc1CSc1nc2ccc(Cl)cc2[nH]1. The summed E-state index contributed by atoms with van der Waals surface area (Å²) in [4.78, 5) is 7.83. The van der Waals surface area contributed by atoms with Gasteiger partial charge in [0.05, 0.1) is 22.5 Å². The normalized spacial score (nSPS) is 11.3. The number of benzene rings is 2. The molecule has 2 aromatic carbocycles. The number of halogens is 1. The van der Waals surface area contributed by atoms with Gasteiger partial charge in [0.25, 0.3) is 0 Å². The van der Waals surface area contributed by atoms with E-state index < -0.39 is 0 Å². The molecule has 0 saturated heterocycles. The lowest BCUT2D eigenvalue weighted by atomic mass is 10.1. The highest BCUT2D eigenvalue weighted by atomic mass is 35.5. The van der Waals surface area contributed by atoms with Crippen molar-refractivity contribution in [1.82, 2.24) is 30.2 Å². The Labute approximate surface area is 153 Å². The third kappa shape index (κ3) is 3.12. The largest absolute Gasteiger partial charge is 0.333 e. The number of rotatable bonds is 4. The van der Waals surface area contributed by atoms with E-state index in [-0.39, 0.29) is 0 Å². The van der Waals surface area contributed by atoms with Crippen LogP contribution in [0.25, 0.3) is 16.7 Å². The van der Waals surface area contributed by atoms with Crippen LogP contribution in [0.5, 0.6) is 0 Å². The number of aryl methyl sites for hydroxylation is 2. The summed E-state index contributed by atoms with van der Waals surface area (Å²) in [6.45, 7) is 4.12. The van der Waals surface area contributed by atoms with E-state index in [2.05, 4.69) is 51.5 Å². The summed E-state index contributed by atoms with van der Waals surface area (Å²) in [7, 11) is 0. The minimum absolute atomic E-state index is 0.605. The number of H-pyrrole nitrogens is 1. The molecule has 8 heteroatoms. The number of nitrogens with one attached hydrogen (secondary N) is 1. The molecule has 25 heavy (non-hydrogen) atoms. The summed E-state index contributed by atoms with van der Waals surface area (Å²) in [5.74, 6) is 1.38. The number of fused-ring (bicyclic) bond motifs is 1. The predicted molar refractivity (Wildman–Crippen MR) is 99.3 cm³/mol. The van der Waals surface area contributed by atoms with Crippen LogP contribution < -0.4 is 0 Å². The van der Waals surface area contributed by atoms with Gasteiger partial charge in [0.15, 0.2) is 11.0 Å². The first kappa shape index (κ1) is 16.1. The maximum Gasteiger partial charge on any atom is 0.167 e. The molecule has 126 valence electrons. The molecule has 4 aromatic rings. The van der Waals surface area contributed by atoms with E-state index in [1.807, 2.05) is 24.3 Å². The molecule has 0 saturated carbocycles. The van der Waals surface area contributed by atoms with Gasteiger partial charge in [-0.2, -0.15) is 4.68 Å². The first-order valence-electron chi connectivity index (χ1n) is 7.74. The molecule has 6 nitrogen and oxygen atoms in total. The molecule has 0 fully saturated rings. The number of thioether (sulfide) groups is 1. The number of hydrogen-bond donors (Lipinski definition) is 1. The molecule has 0 amide bonds. The van der Waals surface area contributed by atoms with Gasteiger partial charge in [-0.25, -0.2) is 4.98 Å². The molecule has 0 aliphatic rings. The molecule has 0 bridgehead atoms. The lowest BCUT2D eigenvalue weighted by molar-refractivity contribution is 0.769. The van der Waals surface area contributed by atoms with Crippen molar-refractivity contribution >= 4 is 34.4 Å². The van der Waals surface area contributed by atoms with Crippen LogP contribution in [-0.2, 0) is 5.75 Å². The third-order valence-corrected chi connectivity index (χ3v) is 5.05. The van der Waals surface area contributed by atoms with Crippen molar-refractivity contribution in [3.05, 3.63) is 58.4 Å². The van der Waals surface area contributed by atoms with Crippen molar-refractivity contribution in [2.75, 3.05) is 0 Å². The van der Waals surface area contributed by atoms with Gasteiger partial charge in [-0.1, -0.05) is 41.6 Å². The lowest BCUT2D eigenvalue weighted by Gasteiger charge is -2.10. The van der Waals surface area contributed by atoms with Crippen LogP contribution in [0.15, 0.2) is 41.6 Å². The summed E-state index contributed by atoms with van der Waals surface area (Å²) in [5.41, 5.74) is 5.11.